The lowest BCUT2D eigenvalue weighted by Crippen LogP contribution is -1.96. The molecule has 0 fully saturated rings. The Kier molecular flexibility index (Phi) is 5.71. The summed E-state index contributed by atoms with van der Waals surface area (Å²) in [5.41, 5.74) is 3.41. The van der Waals surface area contributed by atoms with Gasteiger partial charge < -0.3 is 4.43 Å². The predicted octanol–water partition coefficient (Wildman–Crippen LogP) is 2.33. The van der Waals surface area contributed by atoms with Gasteiger partial charge in [-0.25, -0.2) is 0 Å². The van der Waals surface area contributed by atoms with Crippen LogP contribution in [0.25, 0.3) is 6.08 Å². The normalized spacial score (nSPS) is 11.4. The molecule has 1 aromatic rings. The lowest BCUT2D eigenvalue weighted by Gasteiger charge is -1.96. The summed E-state index contributed by atoms with van der Waals surface area (Å²) in [5.74, 6) is 0. The third-order valence-electron chi connectivity index (χ3n) is 1.79. The van der Waals surface area contributed by atoms with Crippen molar-refractivity contribution in [3.63, 3.8) is 0 Å². The van der Waals surface area contributed by atoms with Gasteiger partial charge >= 0.3 is 0 Å². The average molecular weight is 204 g/mol. The van der Waals surface area contributed by atoms with Gasteiger partial charge in [0.2, 0.25) is 0 Å². The SMILES string of the molecule is C=CCCO[SiH2]C=Cc1ccccc1. The molecular weight excluding hydrogens is 188 g/mol. The molecule has 0 amide bonds. The molecule has 1 nitrogen and oxygen atoms in total. The Morgan fingerprint density at radius 2 is 2.07 bits per heavy atom. The molecule has 0 aliphatic rings. The lowest BCUT2D eigenvalue weighted by atomic mass is 10.2. The number of hydrogen-bond acceptors (Lipinski definition) is 1. The van der Waals surface area contributed by atoms with Crippen LogP contribution < -0.4 is 0 Å². The van der Waals surface area contributed by atoms with Gasteiger partial charge in [0, 0.05) is 6.61 Å². The zero-order valence-corrected chi connectivity index (χ0v) is 9.77. The van der Waals surface area contributed by atoms with E-state index in [1.165, 1.54) is 5.56 Å². The van der Waals surface area contributed by atoms with Crippen molar-refractivity contribution in [1.82, 2.24) is 0 Å². The van der Waals surface area contributed by atoms with E-state index in [1.807, 2.05) is 24.3 Å². The van der Waals surface area contributed by atoms with Crippen molar-refractivity contribution in [3.8, 4) is 0 Å². The Bertz CT molecular complexity index is 280. The highest BCUT2D eigenvalue weighted by Gasteiger charge is 1.84. The lowest BCUT2D eigenvalue weighted by molar-refractivity contribution is 0.349. The maximum absolute atomic E-state index is 5.48. The van der Waals surface area contributed by atoms with Gasteiger partial charge in [-0.2, -0.15) is 0 Å². The number of rotatable bonds is 6. The van der Waals surface area contributed by atoms with E-state index in [-0.39, 0.29) is 0 Å². The van der Waals surface area contributed by atoms with Crippen LogP contribution in [0.15, 0.2) is 48.7 Å². The molecule has 0 spiro atoms. The van der Waals surface area contributed by atoms with Gasteiger partial charge in [0.15, 0.2) is 9.76 Å². The second kappa shape index (κ2) is 7.30. The summed E-state index contributed by atoms with van der Waals surface area (Å²) in [6.07, 6.45) is 4.96. The van der Waals surface area contributed by atoms with Crippen LogP contribution in [0.4, 0.5) is 0 Å². The van der Waals surface area contributed by atoms with E-state index >= 15 is 0 Å². The first-order chi connectivity index (χ1) is 6.93. The third kappa shape index (κ3) is 4.79. The average Bonchev–Trinajstić information content (AvgIpc) is 2.25. The van der Waals surface area contributed by atoms with Gasteiger partial charge in [-0.1, -0.05) is 48.2 Å². The first-order valence-corrected chi connectivity index (χ1v) is 6.23. The van der Waals surface area contributed by atoms with Crippen LogP contribution in [0.1, 0.15) is 12.0 Å². The molecule has 0 saturated heterocycles. The van der Waals surface area contributed by atoms with Crippen LogP contribution in [0.5, 0.6) is 0 Å². The second-order valence-corrected chi connectivity index (χ2v) is 4.18. The van der Waals surface area contributed by atoms with Gasteiger partial charge in [0.05, 0.1) is 0 Å². The molecule has 0 aromatic heterocycles. The monoisotopic (exact) mass is 204 g/mol. The molecule has 0 radical (unpaired) electrons. The molecule has 74 valence electrons. The van der Waals surface area contributed by atoms with Gasteiger partial charge in [-0.3, -0.25) is 0 Å². The molecule has 1 aromatic carbocycles. The quantitative estimate of drug-likeness (QED) is 0.392. The first kappa shape index (κ1) is 11.0. The summed E-state index contributed by atoms with van der Waals surface area (Å²) in [5, 5.41) is 0. The molecule has 0 N–H and O–H groups in total. The first-order valence-electron chi connectivity index (χ1n) is 4.83. The van der Waals surface area contributed by atoms with Gasteiger partial charge in [0.25, 0.3) is 0 Å². The van der Waals surface area contributed by atoms with E-state index in [1.54, 1.807) is 0 Å². The van der Waals surface area contributed by atoms with Crippen LogP contribution in [0.2, 0.25) is 0 Å². The Hall–Kier alpha value is -1.12. The maximum atomic E-state index is 5.48. The summed E-state index contributed by atoms with van der Waals surface area (Å²) in [4.78, 5) is 0. The molecule has 0 bridgehead atoms. The zero-order valence-electron chi connectivity index (χ0n) is 8.36. The van der Waals surface area contributed by atoms with Crippen LogP contribution in [-0.2, 0) is 4.43 Å². The van der Waals surface area contributed by atoms with Crippen molar-refractivity contribution >= 4 is 15.8 Å². The van der Waals surface area contributed by atoms with Gasteiger partial charge in [-0.05, 0) is 12.0 Å². The van der Waals surface area contributed by atoms with E-state index < -0.39 is 9.76 Å². The van der Waals surface area contributed by atoms with E-state index in [0.717, 1.165) is 13.0 Å². The number of benzene rings is 1. The summed E-state index contributed by atoms with van der Waals surface area (Å²) in [6, 6.07) is 10.3. The largest absolute Gasteiger partial charge is 0.419 e. The summed E-state index contributed by atoms with van der Waals surface area (Å²) < 4.78 is 5.48. The highest BCUT2D eigenvalue weighted by atomic mass is 28.2. The van der Waals surface area contributed by atoms with Crippen molar-refractivity contribution < 1.29 is 4.43 Å². The van der Waals surface area contributed by atoms with Crippen LogP contribution in [0, 0.1) is 0 Å². The molecule has 0 saturated carbocycles. The van der Waals surface area contributed by atoms with E-state index in [2.05, 4.69) is 30.5 Å². The van der Waals surface area contributed by atoms with Crippen LogP contribution >= 0.6 is 0 Å². The molecule has 0 aliphatic heterocycles. The van der Waals surface area contributed by atoms with Crippen molar-refractivity contribution in [2.75, 3.05) is 6.61 Å². The molecule has 0 heterocycles. The summed E-state index contributed by atoms with van der Waals surface area (Å²) >= 11 is 0. The Balaban J connectivity index is 2.18. The molecule has 0 atom stereocenters. The molecule has 0 unspecified atom stereocenters. The minimum Gasteiger partial charge on any atom is -0.419 e. The molecule has 14 heavy (non-hydrogen) atoms. The van der Waals surface area contributed by atoms with E-state index in [4.69, 9.17) is 4.43 Å². The minimum absolute atomic E-state index is 0.481. The van der Waals surface area contributed by atoms with Gasteiger partial charge in [0.1, 0.15) is 0 Å². The van der Waals surface area contributed by atoms with Crippen molar-refractivity contribution in [2.45, 2.75) is 6.42 Å². The van der Waals surface area contributed by atoms with Crippen molar-refractivity contribution in [1.29, 1.82) is 0 Å². The standard InChI is InChI=1S/C12H16OSi/c1-2-3-10-13-14-11-9-12-7-5-4-6-8-12/h2,4-9,11H,1,3,10,14H2. The summed E-state index contributed by atoms with van der Waals surface area (Å²) in [6.45, 7) is 4.46. The van der Waals surface area contributed by atoms with Crippen molar-refractivity contribution in [3.05, 3.63) is 54.2 Å². The minimum atomic E-state index is -0.481. The van der Waals surface area contributed by atoms with Gasteiger partial charge in [-0.15, -0.1) is 6.58 Å². The topological polar surface area (TPSA) is 9.23 Å². The highest BCUT2D eigenvalue weighted by Crippen LogP contribution is 1.99. The smallest absolute Gasteiger partial charge is 0.185 e. The fourth-order valence-corrected chi connectivity index (χ4v) is 1.90. The second-order valence-electron chi connectivity index (χ2n) is 2.97. The molecule has 0 aliphatic carbocycles. The fraction of sp³-hybridized carbons (Fsp3) is 0.167. The van der Waals surface area contributed by atoms with Crippen LogP contribution in [0.3, 0.4) is 0 Å². The molecule has 2 heteroatoms. The van der Waals surface area contributed by atoms with Crippen LogP contribution in [-0.4, -0.2) is 16.4 Å². The maximum Gasteiger partial charge on any atom is 0.185 e. The fourth-order valence-electron chi connectivity index (χ4n) is 1.07. The molecule has 1 rings (SSSR count). The number of hydrogen-bond donors (Lipinski definition) is 0. The zero-order chi connectivity index (χ0) is 10.1. The predicted molar refractivity (Wildman–Crippen MR) is 64.8 cm³/mol. The summed E-state index contributed by atoms with van der Waals surface area (Å²) in [7, 11) is -0.481. The van der Waals surface area contributed by atoms with E-state index in [9.17, 15) is 0 Å². The molecular formula is C12H16OSi. The Morgan fingerprint density at radius 3 is 2.79 bits per heavy atom. The Labute approximate surface area is 88.1 Å². The third-order valence-corrected chi connectivity index (χ3v) is 2.74. The van der Waals surface area contributed by atoms with Crippen molar-refractivity contribution in [2.24, 2.45) is 0 Å². The highest BCUT2D eigenvalue weighted by molar-refractivity contribution is 6.35. The Morgan fingerprint density at radius 1 is 1.29 bits per heavy atom. The van der Waals surface area contributed by atoms with E-state index in [0.29, 0.717) is 0 Å².